The molecule has 0 aliphatic carbocycles. The van der Waals surface area contributed by atoms with Crippen molar-refractivity contribution in [1.29, 1.82) is 0 Å². The maximum absolute atomic E-state index is 11.8. The average molecular weight is 299 g/mol. The maximum atomic E-state index is 11.8. The summed E-state index contributed by atoms with van der Waals surface area (Å²) in [5, 5.41) is 6.03. The molecule has 0 heterocycles. The Kier molecular flexibility index (Phi) is 10.1. The number of halogens is 1. The van der Waals surface area contributed by atoms with Gasteiger partial charge >= 0.3 is 0 Å². The number of rotatable bonds is 8. The summed E-state index contributed by atoms with van der Waals surface area (Å²) in [6.45, 7) is 4.91. The van der Waals surface area contributed by atoms with Crippen LogP contribution in [-0.4, -0.2) is 25.5 Å². The second kappa shape index (κ2) is 10.7. The van der Waals surface area contributed by atoms with Crippen LogP contribution in [0.2, 0.25) is 0 Å². The molecular formula is C16H27ClN2O. The van der Waals surface area contributed by atoms with Gasteiger partial charge in [0.15, 0.2) is 0 Å². The van der Waals surface area contributed by atoms with Gasteiger partial charge in [-0.2, -0.15) is 0 Å². The van der Waals surface area contributed by atoms with Crippen LogP contribution >= 0.6 is 12.4 Å². The molecule has 0 aliphatic rings. The number of carbonyl (C=O) groups excluding carboxylic acids is 1. The number of aryl methyl sites for hydroxylation is 1. The highest BCUT2D eigenvalue weighted by atomic mass is 35.5. The molecule has 1 atom stereocenters. The third kappa shape index (κ3) is 7.51. The fourth-order valence-corrected chi connectivity index (χ4v) is 1.82. The predicted octanol–water partition coefficient (Wildman–Crippen LogP) is 2.72. The normalized spacial score (nSPS) is 11.6. The van der Waals surface area contributed by atoms with Crippen molar-refractivity contribution in [2.45, 2.75) is 45.6 Å². The molecule has 20 heavy (non-hydrogen) atoms. The van der Waals surface area contributed by atoms with Gasteiger partial charge in [0.1, 0.15) is 0 Å². The van der Waals surface area contributed by atoms with E-state index in [1.807, 2.05) is 14.0 Å². The molecule has 0 saturated carbocycles. The van der Waals surface area contributed by atoms with E-state index in [4.69, 9.17) is 0 Å². The van der Waals surface area contributed by atoms with Crippen molar-refractivity contribution in [3.8, 4) is 0 Å². The van der Waals surface area contributed by atoms with E-state index in [1.54, 1.807) is 0 Å². The summed E-state index contributed by atoms with van der Waals surface area (Å²) in [5.41, 5.74) is 2.43. The molecule has 1 rings (SSSR count). The van der Waals surface area contributed by atoms with Gasteiger partial charge in [-0.25, -0.2) is 0 Å². The molecule has 3 nitrogen and oxygen atoms in total. The summed E-state index contributed by atoms with van der Waals surface area (Å²) in [6, 6.07) is 8.70. The Labute approximate surface area is 128 Å². The molecule has 1 aromatic carbocycles. The molecular weight excluding hydrogens is 272 g/mol. The molecule has 0 aliphatic heterocycles. The van der Waals surface area contributed by atoms with Crippen LogP contribution in [0.25, 0.3) is 0 Å². The van der Waals surface area contributed by atoms with Crippen LogP contribution in [0.1, 0.15) is 37.8 Å². The lowest BCUT2D eigenvalue weighted by Crippen LogP contribution is -2.37. The number of carbonyl (C=O) groups is 1. The van der Waals surface area contributed by atoms with Gasteiger partial charge in [0, 0.05) is 12.6 Å². The first kappa shape index (κ1) is 18.9. The van der Waals surface area contributed by atoms with Crippen LogP contribution < -0.4 is 10.6 Å². The van der Waals surface area contributed by atoms with Crippen molar-refractivity contribution in [2.24, 2.45) is 0 Å². The average Bonchev–Trinajstić information content (AvgIpc) is 2.44. The highest BCUT2D eigenvalue weighted by Gasteiger charge is 2.05. The quantitative estimate of drug-likeness (QED) is 0.775. The van der Waals surface area contributed by atoms with Crippen molar-refractivity contribution < 1.29 is 4.79 Å². The van der Waals surface area contributed by atoms with Crippen LogP contribution in [0.15, 0.2) is 24.3 Å². The Morgan fingerprint density at radius 3 is 2.35 bits per heavy atom. The smallest absolute Gasteiger partial charge is 0.224 e. The van der Waals surface area contributed by atoms with E-state index in [2.05, 4.69) is 41.8 Å². The number of amides is 1. The summed E-state index contributed by atoms with van der Waals surface area (Å²) >= 11 is 0. The second-order valence-corrected chi connectivity index (χ2v) is 5.09. The topological polar surface area (TPSA) is 41.1 Å². The number of unbranched alkanes of at least 4 members (excludes halogenated alkanes) is 1. The predicted molar refractivity (Wildman–Crippen MR) is 87.5 cm³/mol. The largest absolute Gasteiger partial charge is 0.354 e. The number of benzene rings is 1. The van der Waals surface area contributed by atoms with Crippen LogP contribution in [0.5, 0.6) is 0 Å². The third-order valence-electron chi connectivity index (χ3n) is 3.30. The van der Waals surface area contributed by atoms with Crippen molar-refractivity contribution in [1.82, 2.24) is 10.6 Å². The van der Waals surface area contributed by atoms with Crippen LogP contribution in [0.4, 0.5) is 0 Å². The molecule has 1 unspecified atom stereocenters. The van der Waals surface area contributed by atoms with Gasteiger partial charge in [0.05, 0.1) is 6.42 Å². The number of nitrogens with one attached hydrogen (secondary N) is 2. The van der Waals surface area contributed by atoms with Gasteiger partial charge in [0.25, 0.3) is 0 Å². The minimum atomic E-state index is 0. The summed E-state index contributed by atoms with van der Waals surface area (Å²) in [5.74, 6) is 0.0865. The van der Waals surface area contributed by atoms with Crippen LogP contribution in [-0.2, 0) is 17.6 Å². The van der Waals surface area contributed by atoms with Gasteiger partial charge in [0.2, 0.25) is 5.91 Å². The summed E-state index contributed by atoms with van der Waals surface area (Å²) in [7, 11) is 1.89. The van der Waals surface area contributed by atoms with Crippen molar-refractivity contribution in [2.75, 3.05) is 13.6 Å². The highest BCUT2D eigenvalue weighted by molar-refractivity contribution is 5.85. The van der Waals surface area contributed by atoms with E-state index in [0.29, 0.717) is 19.0 Å². The first-order valence-electron chi connectivity index (χ1n) is 7.17. The zero-order valence-corrected chi connectivity index (χ0v) is 13.6. The number of likely N-dealkylation sites (N-methyl/N-ethyl adjacent to an activating group) is 1. The van der Waals surface area contributed by atoms with Crippen molar-refractivity contribution in [3.63, 3.8) is 0 Å². The molecule has 0 radical (unpaired) electrons. The summed E-state index contributed by atoms with van der Waals surface area (Å²) in [4.78, 5) is 11.8. The SMILES string of the molecule is CCCCc1ccc(CC(=O)NCC(C)NC)cc1.Cl. The Morgan fingerprint density at radius 2 is 1.80 bits per heavy atom. The lowest BCUT2D eigenvalue weighted by molar-refractivity contribution is -0.120. The summed E-state index contributed by atoms with van der Waals surface area (Å²) in [6.07, 6.45) is 4.03. The molecule has 0 spiro atoms. The van der Waals surface area contributed by atoms with Crippen molar-refractivity contribution >= 4 is 18.3 Å². The zero-order chi connectivity index (χ0) is 14.1. The Morgan fingerprint density at radius 1 is 1.20 bits per heavy atom. The Bertz CT molecular complexity index is 379. The van der Waals surface area contributed by atoms with Crippen LogP contribution in [0, 0.1) is 0 Å². The third-order valence-corrected chi connectivity index (χ3v) is 3.30. The molecule has 1 amide bonds. The number of hydrogen-bond donors (Lipinski definition) is 2. The van der Waals surface area contributed by atoms with E-state index < -0.39 is 0 Å². The molecule has 1 aromatic rings. The standard InChI is InChI=1S/C16H26N2O.ClH/c1-4-5-6-14-7-9-15(10-8-14)11-16(19)18-12-13(2)17-3;/h7-10,13,17H,4-6,11-12H2,1-3H3,(H,18,19);1H. The molecule has 0 fully saturated rings. The number of hydrogen-bond acceptors (Lipinski definition) is 2. The monoisotopic (exact) mass is 298 g/mol. The minimum absolute atomic E-state index is 0. The first-order chi connectivity index (χ1) is 9.15. The van der Waals surface area contributed by atoms with Crippen LogP contribution in [0.3, 0.4) is 0 Å². The molecule has 4 heteroatoms. The van der Waals surface area contributed by atoms with Gasteiger partial charge in [-0.05, 0) is 37.9 Å². The Balaban J connectivity index is 0.00000361. The molecule has 114 valence electrons. The second-order valence-electron chi connectivity index (χ2n) is 5.09. The minimum Gasteiger partial charge on any atom is -0.354 e. The lowest BCUT2D eigenvalue weighted by Gasteiger charge is -2.11. The maximum Gasteiger partial charge on any atom is 0.224 e. The fourth-order valence-electron chi connectivity index (χ4n) is 1.82. The van der Waals surface area contributed by atoms with Gasteiger partial charge in [-0.15, -0.1) is 12.4 Å². The van der Waals surface area contributed by atoms with E-state index in [-0.39, 0.29) is 18.3 Å². The Hall–Kier alpha value is -1.06. The van der Waals surface area contributed by atoms with E-state index in [0.717, 1.165) is 12.0 Å². The fraction of sp³-hybridized carbons (Fsp3) is 0.562. The molecule has 0 saturated heterocycles. The lowest BCUT2D eigenvalue weighted by atomic mass is 10.0. The van der Waals surface area contributed by atoms with Gasteiger partial charge in [-0.3, -0.25) is 4.79 Å². The zero-order valence-electron chi connectivity index (χ0n) is 12.7. The highest BCUT2D eigenvalue weighted by Crippen LogP contribution is 2.08. The molecule has 0 aromatic heterocycles. The first-order valence-corrected chi connectivity index (χ1v) is 7.17. The van der Waals surface area contributed by atoms with Crippen molar-refractivity contribution in [3.05, 3.63) is 35.4 Å². The van der Waals surface area contributed by atoms with E-state index in [9.17, 15) is 4.79 Å². The summed E-state index contributed by atoms with van der Waals surface area (Å²) < 4.78 is 0. The van der Waals surface area contributed by atoms with E-state index >= 15 is 0 Å². The van der Waals surface area contributed by atoms with Gasteiger partial charge < -0.3 is 10.6 Å². The van der Waals surface area contributed by atoms with E-state index in [1.165, 1.54) is 18.4 Å². The molecule has 2 N–H and O–H groups in total. The van der Waals surface area contributed by atoms with Gasteiger partial charge in [-0.1, -0.05) is 37.6 Å². The molecule has 0 bridgehead atoms.